The Balaban J connectivity index is 1.98. The normalized spacial score (nSPS) is 17.7. The van der Waals surface area contributed by atoms with Gasteiger partial charge in [0.15, 0.2) is 0 Å². The standard InChI is InChI=1S/C10H11BrN2S/c11-8-3-4-14-10(8)9(5-12)13-6-7-1-2-7/h3-4,7,9,13H,1-2,6H2. The van der Waals surface area contributed by atoms with Gasteiger partial charge in [-0.3, -0.25) is 5.32 Å². The highest BCUT2D eigenvalue weighted by Gasteiger charge is 2.23. The van der Waals surface area contributed by atoms with E-state index in [1.54, 1.807) is 11.3 Å². The highest BCUT2D eigenvalue weighted by molar-refractivity contribution is 9.10. The molecule has 0 aliphatic heterocycles. The van der Waals surface area contributed by atoms with Crippen LogP contribution in [-0.4, -0.2) is 6.54 Å². The number of thiophene rings is 1. The minimum absolute atomic E-state index is 0.148. The van der Waals surface area contributed by atoms with Gasteiger partial charge >= 0.3 is 0 Å². The summed E-state index contributed by atoms with van der Waals surface area (Å²) in [6.45, 7) is 0.975. The predicted molar refractivity (Wildman–Crippen MR) is 61.1 cm³/mol. The molecule has 14 heavy (non-hydrogen) atoms. The van der Waals surface area contributed by atoms with Crippen LogP contribution in [-0.2, 0) is 0 Å². The van der Waals surface area contributed by atoms with E-state index in [9.17, 15) is 0 Å². The molecule has 1 aromatic heterocycles. The van der Waals surface area contributed by atoms with Gasteiger partial charge in [0.1, 0.15) is 6.04 Å². The van der Waals surface area contributed by atoms with Crippen molar-refractivity contribution in [2.45, 2.75) is 18.9 Å². The minimum Gasteiger partial charge on any atom is -0.297 e. The molecule has 4 heteroatoms. The first kappa shape index (κ1) is 10.2. The van der Waals surface area contributed by atoms with Crippen molar-refractivity contribution in [1.82, 2.24) is 5.32 Å². The van der Waals surface area contributed by atoms with Crippen molar-refractivity contribution < 1.29 is 0 Å². The Bertz CT molecular complexity index is 351. The monoisotopic (exact) mass is 270 g/mol. The number of rotatable bonds is 4. The van der Waals surface area contributed by atoms with Crippen LogP contribution in [0.15, 0.2) is 15.9 Å². The Morgan fingerprint density at radius 2 is 2.50 bits per heavy atom. The van der Waals surface area contributed by atoms with Crippen molar-refractivity contribution in [1.29, 1.82) is 5.26 Å². The van der Waals surface area contributed by atoms with E-state index < -0.39 is 0 Å². The summed E-state index contributed by atoms with van der Waals surface area (Å²) in [6.07, 6.45) is 2.63. The van der Waals surface area contributed by atoms with Crippen molar-refractivity contribution in [3.63, 3.8) is 0 Å². The average Bonchev–Trinajstić information content (AvgIpc) is 2.92. The second-order valence-electron chi connectivity index (χ2n) is 3.55. The van der Waals surface area contributed by atoms with Gasteiger partial charge in [-0.25, -0.2) is 0 Å². The topological polar surface area (TPSA) is 35.8 Å². The summed E-state index contributed by atoms with van der Waals surface area (Å²) >= 11 is 5.07. The Kier molecular flexibility index (Phi) is 3.22. The van der Waals surface area contributed by atoms with Crippen LogP contribution in [0.2, 0.25) is 0 Å². The molecule has 0 aromatic carbocycles. The molecule has 1 atom stereocenters. The van der Waals surface area contributed by atoms with Gasteiger partial charge in [0.2, 0.25) is 0 Å². The molecule has 1 saturated carbocycles. The van der Waals surface area contributed by atoms with Gasteiger partial charge in [-0.05, 0) is 52.7 Å². The smallest absolute Gasteiger partial charge is 0.131 e. The largest absolute Gasteiger partial charge is 0.297 e. The summed E-state index contributed by atoms with van der Waals surface area (Å²) < 4.78 is 1.04. The Morgan fingerprint density at radius 1 is 1.71 bits per heavy atom. The molecule has 74 valence electrons. The fraction of sp³-hybridized carbons (Fsp3) is 0.500. The molecule has 1 fully saturated rings. The molecule has 1 N–H and O–H groups in total. The molecule has 0 amide bonds. The Hall–Kier alpha value is -0.370. The van der Waals surface area contributed by atoms with Gasteiger partial charge in [-0.2, -0.15) is 5.26 Å². The molecule has 0 saturated heterocycles. The number of hydrogen-bond donors (Lipinski definition) is 1. The lowest BCUT2D eigenvalue weighted by atomic mass is 10.2. The van der Waals surface area contributed by atoms with Crippen LogP contribution in [0.25, 0.3) is 0 Å². The van der Waals surface area contributed by atoms with E-state index in [1.165, 1.54) is 12.8 Å². The molecule has 1 heterocycles. The molecular formula is C10H11BrN2S. The lowest BCUT2D eigenvalue weighted by Gasteiger charge is -2.09. The molecular weight excluding hydrogens is 260 g/mol. The van der Waals surface area contributed by atoms with Gasteiger partial charge < -0.3 is 0 Å². The third-order valence-electron chi connectivity index (χ3n) is 2.34. The summed E-state index contributed by atoms with van der Waals surface area (Å²) in [7, 11) is 0. The van der Waals surface area contributed by atoms with Gasteiger partial charge in [0.25, 0.3) is 0 Å². The third kappa shape index (κ3) is 2.35. The number of nitriles is 1. The first-order valence-corrected chi connectivity index (χ1v) is 6.34. The van der Waals surface area contributed by atoms with Crippen molar-refractivity contribution in [3.8, 4) is 6.07 Å². The number of hydrogen-bond acceptors (Lipinski definition) is 3. The van der Waals surface area contributed by atoms with Crippen LogP contribution in [0.3, 0.4) is 0 Å². The van der Waals surface area contributed by atoms with Crippen molar-refractivity contribution in [3.05, 3.63) is 20.8 Å². The zero-order valence-electron chi connectivity index (χ0n) is 7.66. The number of nitrogens with one attached hydrogen (secondary N) is 1. The van der Waals surface area contributed by atoms with Crippen LogP contribution in [0.1, 0.15) is 23.8 Å². The van der Waals surface area contributed by atoms with Crippen LogP contribution >= 0.6 is 27.3 Å². The van der Waals surface area contributed by atoms with E-state index in [0.717, 1.165) is 21.8 Å². The van der Waals surface area contributed by atoms with Gasteiger partial charge in [0.05, 0.1) is 10.9 Å². The third-order valence-corrected chi connectivity index (χ3v) is 4.28. The second kappa shape index (κ2) is 4.43. The SMILES string of the molecule is N#CC(NCC1CC1)c1sccc1Br. The molecule has 0 radical (unpaired) electrons. The van der Waals surface area contributed by atoms with Crippen LogP contribution in [0.5, 0.6) is 0 Å². The maximum Gasteiger partial charge on any atom is 0.131 e. The van der Waals surface area contributed by atoms with Crippen molar-refractivity contribution >= 4 is 27.3 Å². The zero-order valence-corrected chi connectivity index (χ0v) is 10.1. The predicted octanol–water partition coefficient (Wildman–Crippen LogP) is 3.07. The van der Waals surface area contributed by atoms with E-state index in [4.69, 9.17) is 5.26 Å². The van der Waals surface area contributed by atoms with E-state index in [0.29, 0.717) is 0 Å². The molecule has 2 nitrogen and oxygen atoms in total. The molecule has 1 aliphatic rings. The van der Waals surface area contributed by atoms with Crippen LogP contribution in [0.4, 0.5) is 0 Å². The highest BCUT2D eigenvalue weighted by Crippen LogP contribution is 2.31. The van der Waals surface area contributed by atoms with E-state index >= 15 is 0 Å². The summed E-state index contributed by atoms with van der Waals surface area (Å²) in [5.74, 6) is 0.810. The van der Waals surface area contributed by atoms with Crippen molar-refractivity contribution in [2.75, 3.05) is 6.54 Å². The van der Waals surface area contributed by atoms with E-state index in [2.05, 4.69) is 27.3 Å². The first-order chi connectivity index (χ1) is 6.81. The molecule has 1 aromatic rings. The number of halogens is 1. The Labute approximate surface area is 96.1 Å². The summed E-state index contributed by atoms with van der Waals surface area (Å²) in [4.78, 5) is 1.09. The van der Waals surface area contributed by atoms with Gasteiger partial charge in [0, 0.05) is 4.47 Å². The zero-order chi connectivity index (χ0) is 9.97. The maximum absolute atomic E-state index is 9.03. The molecule has 1 unspecified atom stereocenters. The highest BCUT2D eigenvalue weighted by atomic mass is 79.9. The summed E-state index contributed by atoms with van der Waals surface area (Å²) in [6, 6.07) is 4.14. The summed E-state index contributed by atoms with van der Waals surface area (Å²) in [5.41, 5.74) is 0. The maximum atomic E-state index is 9.03. The van der Waals surface area contributed by atoms with Crippen molar-refractivity contribution in [2.24, 2.45) is 5.92 Å². The van der Waals surface area contributed by atoms with E-state index in [1.807, 2.05) is 11.4 Å². The lowest BCUT2D eigenvalue weighted by molar-refractivity contribution is 0.597. The quantitative estimate of drug-likeness (QED) is 0.913. The Morgan fingerprint density at radius 3 is 3.00 bits per heavy atom. The van der Waals surface area contributed by atoms with Crippen LogP contribution in [0, 0.1) is 17.2 Å². The summed E-state index contributed by atoms with van der Waals surface area (Å²) in [5, 5.41) is 14.3. The fourth-order valence-electron chi connectivity index (χ4n) is 1.31. The van der Waals surface area contributed by atoms with E-state index in [-0.39, 0.29) is 6.04 Å². The molecule has 2 rings (SSSR count). The molecule has 1 aliphatic carbocycles. The molecule has 0 spiro atoms. The average molecular weight is 271 g/mol. The fourth-order valence-corrected chi connectivity index (χ4v) is 2.93. The lowest BCUT2D eigenvalue weighted by Crippen LogP contribution is -2.21. The first-order valence-electron chi connectivity index (χ1n) is 4.67. The van der Waals surface area contributed by atoms with Gasteiger partial charge in [-0.1, -0.05) is 0 Å². The molecule has 0 bridgehead atoms. The minimum atomic E-state index is -0.148. The van der Waals surface area contributed by atoms with Gasteiger partial charge in [-0.15, -0.1) is 11.3 Å². The number of nitrogens with zero attached hydrogens (tertiary/aromatic N) is 1. The van der Waals surface area contributed by atoms with Crippen LogP contribution < -0.4 is 5.32 Å². The second-order valence-corrected chi connectivity index (χ2v) is 5.35.